The molecule has 0 spiro atoms. The number of thioether (sulfide) groups is 1. The fourth-order valence-corrected chi connectivity index (χ4v) is 2.27. The van der Waals surface area contributed by atoms with Gasteiger partial charge in [0.05, 0.1) is 13.2 Å². The van der Waals surface area contributed by atoms with Crippen molar-refractivity contribution in [2.45, 2.75) is 20.8 Å². The van der Waals surface area contributed by atoms with Gasteiger partial charge in [-0.3, -0.25) is 9.05 Å². The largest absolute Gasteiger partial charge is 0.529 e. The summed E-state index contributed by atoms with van der Waals surface area (Å²) in [6, 6.07) is 0. The molecule has 0 aromatic heterocycles. The Kier molecular flexibility index (Phi) is 7.53. The lowest BCUT2D eigenvalue weighted by Gasteiger charge is -2.16. The van der Waals surface area contributed by atoms with Crippen LogP contribution in [-0.2, 0) is 18.1 Å². The molecule has 0 atom stereocenters. The zero-order chi connectivity index (χ0) is 11.7. The first-order chi connectivity index (χ1) is 7.08. The van der Waals surface area contributed by atoms with Crippen molar-refractivity contribution in [2.75, 3.05) is 13.2 Å². The van der Waals surface area contributed by atoms with Crippen molar-refractivity contribution in [2.24, 2.45) is 0 Å². The van der Waals surface area contributed by atoms with Crippen LogP contribution >= 0.6 is 19.6 Å². The maximum atomic E-state index is 11.8. The molecular weight excluding hydrogens is 237 g/mol. The van der Waals surface area contributed by atoms with Crippen LogP contribution in [0.4, 0.5) is 0 Å². The SMILES string of the molecule is CCOP(=O)(OCC)O/C(C)=C/SC#N. The van der Waals surface area contributed by atoms with E-state index in [9.17, 15) is 4.57 Å². The molecule has 0 amide bonds. The normalized spacial score (nSPS) is 12.3. The number of hydrogen-bond donors (Lipinski definition) is 0. The first-order valence-corrected chi connectivity index (χ1v) is 6.72. The minimum absolute atomic E-state index is 0.232. The van der Waals surface area contributed by atoms with Gasteiger partial charge in [0.15, 0.2) is 0 Å². The van der Waals surface area contributed by atoms with E-state index in [2.05, 4.69) is 0 Å². The van der Waals surface area contributed by atoms with E-state index < -0.39 is 7.82 Å². The fourth-order valence-electron chi connectivity index (χ4n) is 0.713. The minimum Gasteiger partial charge on any atom is -0.408 e. The van der Waals surface area contributed by atoms with Gasteiger partial charge in [-0.2, -0.15) is 5.26 Å². The highest BCUT2D eigenvalue weighted by atomic mass is 32.2. The van der Waals surface area contributed by atoms with Gasteiger partial charge in [-0.05, 0) is 32.5 Å². The van der Waals surface area contributed by atoms with Crippen molar-refractivity contribution in [1.29, 1.82) is 5.26 Å². The summed E-state index contributed by atoms with van der Waals surface area (Å²) in [6.45, 7) is 5.43. The van der Waals surface area contributed by atoms with Crippen molar-refractivity contribution in [1.82, 2.24) is 0 Å². The number of allylic oxidation sites excluding steroid dienone is 1. The Bertz CT molecular complexity index is 290. The molecule has 0 aliphatic heterocycles. The Morgan fingerprint density at radius 2 is 2.00 bits per heavy atom. The van der Waals surface area contributed by atoms with E-state index in [1.165, 1.54) is 5.41 Å². The van der Waals surface area contributed by atoms with E-state index in [4.69, 9.17) is 18.8 Å². The number of thiocyanates is 1. The number of phosphoric acid groups is 1. The maximum Gasteiger partial charge on any atom is 0.529 e. The first kappa shape index (κ1) is 14.5. The lowest BCUT2D eigenvalue weighted by Crippen LogP contribution is -1.98. The van der Waals surface area contributed by atoms with Crippen molar-refractivity contribution in [3.63, 3.8) is 0 Å². The second kappa shape index (κ2) is 7.77. The standard InChI is InChI=1S/C8H14NO4PS/c1-4-11-14(10,12-5-2)13-8(3)6-15-7-9/h6H,4-5H2,1-3H3/b8-6+. The molecule has 0 saturated heterocycles. The van der Waals surface area contributed by atoms with E-state index >= 15 is 0 Å². The molecule has 0 saturated carbocycles. The van der Waals surface area contributed by atoms with Crippen molar-refractivity contribution in [3.05, 3.63) is 11.2 Å². The summed E-state index contributed by atoms with van der Waals surface area (Å²) in [6.07, 6.45) is 0. The minimum atomic E-state index is -3.51. The Balaban J connectivity index is 4.41. The van der Waals surface area contributed by atoms with Crippen molar-refractivity contribution >= 4 is 19.6 Å². The van der Waals surface area contributed by atoms with Gasteiger partial charge in [0, 0.05) is 5.41 Å². The number of phosphoric ester groups is 1. The van der Waals surface area contributed by atoms with Gasteiger partial charge < -0.3 is 4.52 Å². The highest BCUT2D eigenvalue weighted by molar-refractivity contribution is 8.06. The zero-order valence-electron chi connectivity index (χ0n) is 8.93. The van der Waals surface area contributed by atoms with Gasteiger partial charge in [0.25, 0.3) is 0 Å². The number of nitriles is 1. The summed E-state index contributed by atoms with van der Waals surface area (Å²) in [5, 5.41) is 11.6. The van der Waals surface area contributed by atoms with Crippen LogP contribution in [0.5, 0.6) is 0 Å². The van der Waals surface area contributed by atoms with E-state index in [1.54, 1.807) is 20.8 Å². The van der Waals surface area contributed by atoms with E-state index in [1.807, 2.05) is 5.40 Å². The Morgan fingerprint density at radius 1 is 1.47 bits per heavy atom. The number of rotatable bonds is 7. The molecule has 0 aromatic carbocycles. The molecular formula is C8H14NO4PS. The van der Waals surface area contributed by atoms with Crippen LogP contribution in [0.15, 0.2) is 11.2 Å². The molecule has 0 heterocycles. The van der Waals surface area contributed by atoms with Gasteiger partial charge in [0.2, 0.25) is 0 Å². The Hall–Kier alpha value is -0.470. The van der Waals surface area contributed by atoms with Crippen LogP contribution in [0.2, 0.25) is 0 Å². The molecule has 0 aromatic rings. The molecule has 86 valence electrons. The van der Waals surface area contributed by atoms with Crippen LogP contribution < -0.4 is 0 Å². The third-order valence-electron chi connectivity index (χ3n) is 1.11. The highest BCUT2D eigenvalue weighted by Crippen LogP contribution is 2.51. The monoisotopic (exact) mass is 251 g/mol. The summed E-state index contributed by atoms with van der Waals surface area (Å²) < 4.78 is 26.6. The predicted molar refractivity (Wildman–Crippen MR) is 58.9 cm³/mol. The molecule has 15 heavy (non-hydrogen) atoms. The van der Waals surface area contributed by atoms with Crippen LogP contribution in [0.3, 0.4) is 0 Å². The lowest BCUT2D eigenvalue weighted by molar-refractivity contribution is 0.146. The molecule has 0 N–H and O–H groups in total. The summed E-state index contributed by atoms with van der Waals surface area (Å²) >= 11 is 0.879. The van der Waals surface area contributed by atoms with Gasteiger partial charge in [-0.1, -0.05) is 0 Å². The maximum absolute atomic E-state index is 11.8. The topological polar surface area (TPSA) is 68.6 Å². The molecule has 0 unspecified atom stereocenters. The van der Waals surface area contributed by atoms with Crippen LogP contribution in [-0.4, -0.2) is 13.2 Å². The summed E-state index contributed by atoms with van der Waals surface area (Å²) in [5.74, 6) is 0.326. The molecule has 7 heteroatoms. The average Bonchev–Trinajstić information content (AvgIpc) is 2.15. The molecule has 5 nitrogen and oxygen atoms in total. The Labute approximate surface area is 94.0 Å². The molecule has 0 aliphatic carbocycles. The van der Waals surface area contributed by atoms with Crippen LogP contribution in [0, 0.1) is 10.7 Å². The average molecular weight is 251 g/mol. The molecule has 0 bridgehead atoms. The van der Waals surface area contributed by atoms with Crippen LogP contribution in [0.1, 0.15) is 20.8 Å². The molecule has 0 rings (SSSR count). The second-order valence-corrected chi connectivity index (χ2v) is 4.56. The predicted octanol–water partition coefficient (Wildman–Crippen LogP) is 3.26. The van der Waals surface area contributed by atoms with E-state index in [0.717, 1.165) is 11.8 Å². The zero-order valence-corrected chi connectivity index (χ0v) is 10.6. The number of hydrogen-bond acceptors (Lipinski definition) is 6. The van der Waals surface area contributed by atoms with Gasteiger partial charge in [-0.25, -0.2) is 4.57 Å². The molecule has 0 radical (unpaired) electrons. The summed E-state index contributed by atoms with van der Waals surface area (Å²) in [4.78, 5) is 0. The second-order valence-electron chi connectivity index (χ2n) is 2.31. The fraction of sp³-hybridized carbons (Fsp3) is 0.625. The van der Waals surface area contributed by atoms with Gasteiger partial charge in [-0.15, -0.1) is 0 Å². The van der Waals surface area contributed by atoms with Crippen molar-refractivity contribution in [3.8, 4) is 5.40 Å². The van der Waals surface area contributed by atoms with Gasteiger partial charge >= 0.3 is 7.82 Å². The third-order valence-corrected chi connectivity index (χ3v) is 3.32. The summed E-state index contributed by atoms with van der Waals surface area (Å²) in [5.41, 5.74) is 0. The van der Waals surface area contributed by atoms with E-state index in [0.29, 0.717) is 5.76 Å². The number of nitrogens with zero attached hydrogens (tertiary/aromatic N) is 1. The Morgan fingerprint density at radius 3 is 2.40 bits per heavy atom. The van der Waals surface area contributed by atoms with Gasteiger partial charge in [0.1, 0.15) is 11.2 Å². The van der Waals surface area contributed by atoms with Crippen molar-refractivity contribution < 1.29 is 18.1 Å². The summed E-state index contributed by atoms with van der Waals surface area (Å²) in [7, 11) is -3.51. The highest BCUT2D eigenvalue weighted by Gasteiger charge is 2.26. The van der Waals surface area contributed by atoms with E-state index in [-0.39, 0.29) is 13.2 Å². The molecule has 0 fully saturated rings. The first-order valence-electron chi connectivity index (χ1n) is 4.38. The molecule has 0 aliphatic rings. The van der Waals surface area contributed by atoms with Crippen LogP contribution in [0.25, 0.3) is 0 Å². The lowest BCUT2D eigenvalue weighted by atomic mass is 10.7. The third kappa shape index (κ3) is 6.58. The quantitative estimate of drug-likeness (QED) is 0.393. The smallest absolute Gasteiger partial charge is 0.408 e.